The van der Waals surface area contributed by atoms with Crippen molar-refractivity contribution < 1.29 is 0 Å². The number of benzene rings is 1. The van der Waals surface area contributed by atoms with Gasteiger partial charge >= 0.3 is 0 Å². The molecule has 2 aromatic heterocycles. The predicted molar refractivity (Wildman–Crippen MR) is 75.7 cm³/mol. The van der Waals surface area contributed by atoms with Crippen molar-refractivity contribution in [2.45, 2.75) is 12.8 Å². The van der Waals surface area contributed by atoms with Gasteiger partial charge in [0, 0.05) is 17.5 Å². The van der Waals surface area contributed by atoms with Gasteiger partial charge in [-0.15, -0.1) is 16.7 Å². The zero-order chi connectivity index (χ0) is 13.1. The average Bonchev–Trinajstić information content (AvgIpc) is 2.93. The molecule has 2 heterocycles. The number of aromatic nitrogens is 4. The van der Waals surface area contributed by atoms with E-state index >= 15 is 0 Å². The maximum absolute atomic E-state index is 5.69. The van der Waals surface area contributed by atoms with Crippen LogP contribution in [0, 0.1) is 0 Å². The summed E-state index contributed by atoms with van der Waals surface area (Å²) in [5.74, 6) is 0.642. The number of pyridine rings is 1. The van der Waals surface area contributed by atoms with Crippen LogP contribution in [-0.4, -0.2) is 25.9 Å². The highest BCUT2D eigenvalue weighted by atomic mass is 35.5. The van der Waals surface area contributed by atoms with E-state index in [1.165, 1.54) is 0 Å². The molecule has 4 nitrogen and oxygen atoms in total. The van der Waals surface area contributed by atoms with E-state index in [-0.39, 0.29) is 0 Å². The molecule has 0 unspecified atom stereocenters. The van der Waals surface area contributed by atoms with E-state index in [9.17, 15) is 0 Å². The zero-order valence-electron chi connectivity index (χ0n) is 10.3. The Balaban J connectivity index is 2.02. The molecule has 0 atom stereocenters. The normalized spacial score (nSPS) is 11.0. The standard InChI is InChI=1S/C14H13ClN4/c15-8-2-6-12-10-19(18-17-12)13-7-1-4-11-5-3-9-16-14(11)13/h1,3-5,7,9-10H,2,6,8H2. The summed E-state index contributed by atoms with van der Waals surface area (Å²) in [7, 11) is 0. The topological polar surface area (TPSA) is 43.6 Å². The van der Waals surface area contributed by atoms with Crippen LogP contribution >= 0.6 is 11.6 Å². The van der Waals surface area contributed by atoms with Gasteiger partial charge in [-0.05, 0) is 25.0 Å². The van der Waals surface area contributed by atoms with Crippen LogP contribution in [0.3, 0.4) is 0 Å². The summed E-state index contributed by atoms with van der Waals surface area (Å²) in [6.07, 6.45) is 5.49. The molecule has 3 aromatic rings. The molecule has 96 valence electrons. The largest absolute Gasteiger partial charge is 0.254 e. The van der Waals surface area contributed by atoms with E-state index in [1.54, 1.807) is 10.9 Å². The smallest absolute Gasteiger partial charge is 0.0959 e. The van der Waals surface area contributed by atoms with Crippen molar-refractivity contribution in [3.8, 4) is 5.69 Å². The van der Waals surface area contributed by atoms with Gasteiger partial charge in [-0.3, -0.25) is 4.98 Å². The Bertz CT molecular complexity index is 687. The average molecular weight is 273 g/mol. The molecule has 0 spiro atoms. The molecule has 0 fully saturated rings. The maximum atomic E-state index is 5.69. The van der Waals surface area contributed by atoms with Crippen LogP contribution in [0.15, 0.2) is 42.7 Å². The number of hydrogen-bond acceptors (Lipinski definition) is 3. The number of rotatable bonds is 4. The van der Waals surface area contributed by atoms with Gasteiger partial charge in [-0.25, -0.2) is 4.68 Å². The number of fused-ring (bicyclic) bond motifs is 1. The van der Waals surface area contributed by atoms with Crippen molar-refractivity contribution in [2.24, 2.45) is 0 Å². The first-order chi connectivity index (χ1) is 9.38. The van der Waals surface area contributed by atoms with Gasteiger partial charge in [-0.1, -0.05) is 23.4 Å². The number of hydrogen-bond donors (Lipinski definition) is 0. The van der Waals surface area contributed by atoms with E-state index in [2.05, 4.69) is 15.3 Å². The molecule has 0 aliphatic carbocycles. The summed E-state index contributed by atoms with van der Waals surface area (Å²) in [6, 6.07) is 10.0. The highest BCUT2D eigenvalue weighted by Gasteiger charge is 2.07. The quantitative estimate of drug-likeness (QED) is 0.686. The van der Waals surface area contributed by atoms with Crippen LogP contribution < -0.4 is 0 Å². The molecular weight excluding hydrogens is 260 g/mol. The van der Waals surface area contributed by atoms with Crippen LogP contribution in [0.5, 0.6) is 0 Å². The van der Waals surface area contributed by atoms with Crippen molar-refractivity contribution in [2.75, 3.05) is 5.88 Å². The minimum Gasteiger partial charge on any atom is -0.254 e. The van der Waals surface area contributed by atoms with Crippen molar-refractivity contribution in [3.05, 3.63) is 48.4 Å². The first-order valence-electron chi connectivity index (χ1n) is 6.20. The van der Waals surface area contributed by atoms with Gasteiger partial charge in [0.25, 0.3) is 0 Å². The number of para-hydroxylation sites is 1. The molecule has 19 heavy (non-hydrogen) atoms. The molecule has 0 radical (unpaired) electrons. The van der Waals surface area contributed by atoms with Gasteiger partial charge in [-0.2, -0.15) is 0 Å². The first kappa shape index (κ1) is 12.1. The van der Waals surface area contributed by atoms with Gasteiger partial charge in [0.1, 0.15) is 0 Å². The number of alkyl halides is 1. The molecule has 0 bridgehead atoms. The lowest BCUT2D eigenvalue weighted by Crippen LogP contribution is -1.97. The predicted octanol–water partition coefficient (Wildman–Crippen LogP) is 2.99. The lowest BCUT2D eigenvalue weighted by atomic mass is 10.2. The van der Waals surface area contributed by atoms with Crippen molar-refractivity contribution >= 4 is 22.5 Å². The van der Waals surface area contributed by atoms with Crippen molar-refractivity contribution in [1.82, 2.24) is 20.0 Å². The van der Waals surface area contributed by atoms with E-state index in [0.29, 0.717) is 5.88 Å². The van der Waals surface area contributed by atoms with Crippen LogP contribution in [0.2, 0.25) is 0 Å². The van der Waals surface area contributed by atoms with E-state index in [1.807, 2.05) is 36.5 Å². The second-order valence-corrected chi connectivity index (χ2v) is 4.68. The lowest BCUT2D eigenvalue weighted by molar-refractivity contribution is 0.794. The monoisotopic (exact) mass is 272 g/mol. The molecule has 0 aliphatic heterocycles. The molecule has 0 N–H and O–H groups in total. The Morgan fingerprint density at radius 2 is 2.05 bits per heavy atom. The third kappa shape index (κ3) is 2.44. The summed E-state index contributed by atoms with van der Waals surface area (Å²) in [5, 5.41) is 9.43. The first-order valence-corrected chi connectivity index (χ1v) is 6.73. The van der Waals surface area contributed by atoms with E-state index < -0.39 is 0 Å². The van der Waals surface area contributed by atoms with E-state index in [4.69, 9.17) is 11.6 Å². The van der Waals surface area contributed by atoms with Gasteiger partial charge < -0.3 is 0 Å². The number of aryl methyl sites for hydroxylation is 1. The van der Waals surface area contributed by atoms with Crippen LogP contribution in [0.4, 0.5) is 0 Å². The molecule has 0 amide bonds. The molecule has 0 saturated heterocycles. The SMILES string of the molecule is ClCCCc1cn(-c2cccc3cccnc23)nn1. The minimum atomic E-state index is 0.642. The Labute approximate surface area is 116 Å². The summed E-state index contributed by atoms with van der Waals surface area (Å²) >= 11 is 5.69. The summed E-state index contributed by atoms with van der Waals surface area (Å²) < 4.78 is 1.78. The third-order valence-electron chi connectivity index (χ3n) is 2.97. The third-order valence-corrected chi connectivity index (χ3v) is 3.23. The zero-order valence-corrected chi connectivity index (χ0v) is 11.1. The van der Waals surface area contributed by atoms with Crippen molar-refractivity contribution in [1.29, 1.82) is 0 Å². The fourth-order valence-electron chi connectivity index (χ4n) is 2.05. The second kappa shape index (κ2) is 5.36. The number of nitrogens with zero attached hydrogens (tertiary/aromatic N) is 4. The Morgan fingerprint density at radius 3 is 2.95 bits per heavy atom. The highest BCUT2D eigenvalue weighted by Crippen LogP contribution is 2.19. The molecule has 1 aromatic carbocycles. The molecular formula is C14H13ClN4. The Hall–Kier alpha value is -1.94. The summed E-state index contributed by atoms with van der Waals surface area (Å²) in [6.45, 7) is 0. The van der Waals surface area contributed by atoms with Crippen LogP contribution in [-0.2, 0) is 6.42 Å². The Morgan fingerprint density at radius 1 is 1.16 bits per heavy atom. The summed E-state index contributed by atoms with van der Waals surface area (Å²) in [4.78, 5) is 4.42. The molecule has 3 rings (SSSR count). The van der Waals surface area contributed by atoms with Crippen molar-refractivity contribution in [3.63, 3.8) is 0 Å². The van der Waals surface area contributed by atoms with Crippen LogP contribution in [0.25, 0.3) is 16.6 Å². The minimum absolute atomic E-state index is 0.642. The number of halogens is 1. The lowest BCUT2D eigenvalue weighted by Gasteiger charge is -2.03. The molecule has 0 aliphatic rings. The van der Waals surface area contributed by atoms with Crippen LogP contribution in [0.1, 0.15) is 12.1 Å². The van der Waals surface area contributed by atoms with Gasteiger partial charge in [0.2, 0.25) is 0 Å². The summed E-state index contributed by atoms with van der Waals surface area (Å²) in [5.41, 5.74) is 2.83. The Kier molecular flexibility index (Phi) is 3.42. The van der Waals surface area contributed by atoms with Gasteiger partial charge in [0.15, 0.2) is 0 Å². The highest BCUT2D eigenvalue weighted by molar-refractivity contribution is 6.17. The molecule has 0 saturated carbocycles. The van der Waals surface area contributed by atoms with E-state index in [0.717, 1.165) is 35.1 Å². The second-order valence-electron chi connectivity index (χ2n) is 4.30. The molecule has 5 heteroatoms. The fourth-order valence-corrected chi connectivity index (χ4v) is 2.19. The van der Waals surface area contributed by atoms with Gasteiger partial charge in [0.05, 0.1) is 23.1 Å². The fraction of sp³-hybridized carbons (Fsp3) is 0.214. The maximum Gasteiger partial charge on any atom is 0.0959 e.